The monoisotopic (exact) mass is 293 g/mol. The predicted octanol–water partition coefficient (Wildman–Crippen LogP) is 3.57. The summed E-state index contributed by atoms with van der Waals surface area (Å²) in [6, 6.07) is 9.25. The smallest absolute Gasteiger partial charge is 0.371 e. The van der Waals surface area contributed by atoms with Gasteiger partial charge in [-0.05, 0) is 37.7 Å². The lowest BCUT2D eigenvalue weighted by atomic mass is 10.2. The van der Waals surface area contributed by atoms with Crippen LogP contribution in [-0.2, 0) is 13.1 Å². The van der Waals surface area contributed by atoms with E-state index >= 15 is 0 Å². The Morgan fingerprint density at radius 2 is 2.10 bits per heavy atom. The summed E-state index contributed by atoms with van der Waals surface area (Å²) in [4.78, 5) is 12.9. The van der Waals surface area contributed by atoms with Crippen LogP contribution in [0, 0.1) is 6.92 Å². The minimum Gasteiger partial charge on any atom is -0.475 e. The summed E-state index contributed by atoms with van der Waals surface area (Å²) in [5, 5.41) is 9.61. The SMILES string of the molecule is Cc1oc(C(=O)O)cc1CN(C)Cc1cccc(Cl)c1. The van der Waals surface area contributed by atoms with E-state index in [9.17, 15) is 4.79 Å². The van der Waals surface area contributed by atoms with Crippen LogP contribution in [0.4, 0.5) is 0 Å². The van der Waals surface area contributed by atoms with E-state index in [1.165, 1.54) is 0 Å². The number of furan rings is 1. The number of carboxylic acid groups (broad SMARTS) is 1. The Kier molecular flexibility index (Phi) is 4.47. The molecule has 0 amide bonds. The van der Waals surface area contributed by atoms with Gasteiger partial charge < -0.3 is 9.52 Å². The quantitative estimate of drug-likeness (QED) is 0.915. The summed E-state index contributed by atoms with van der Waals surface area (Å²) < 4.78 is 5.20. The van der Waals surface area contributed by atoms with Crippen molar-refractivity contribution in [2.24, 2.45) is 0 Å². The molecule has 106 valence electrons. The molecule has 0 radical (unpaired) electrons. The first-order chi connectivity index (χ1) is 9.45. The van der Waals surface area contributed by atoms with E-state index in [1.54, 1.807) is 13.0 Å². The summed E-state index contributed by atoms with van der Waals surface area (Å²) in [6.45, 7) is 3.12. The fourth-order valence-electron chi connectivity index (χ4n) is 2.08. The first-order valence-electron chi connectivity index (χ1n) is 6.21. The first kappa shape index (κ1) is 14.6. The van der Waals surface area contributed by atoms with Gasteiger partial charge in [0.25, 0.3) is 0 Å². The van der Waals surface area contributed by atoms with Crippen LogP contribution in [0.15, 0.2) is 34.7 Å². The van der Waals surface area contributed by atoms with Crippen molar-refractivity contribution < 1.29 is 14.3 Å². The third-order valence-corrected chi connectivity index (χ3v) is 3.25. The second-order valence-corrected chi connectivity index (χ2v) is 5.24. The molecule has 4 nitrogen and oxygen atoms in total. The number of halogens is 1. The van der Waals surface area contributed by atoms with Crippen LogP contribution < -0.4 is 0 Å². The van der Waals surface area contributed by atoms with Crippen molar-refractivity contribution in [2.75, 3.05) is 7.05 Å². The second-order valence-electron chi connectivity index (χ2n) is 4.80. The number of aryl methyl sites for hydroxylation is 1. The van der Waals surface area contributed by atoms with E-state index in [0.717, 1.165) is 17.7 Å². The van der Waals surface area contributed by atoms with Crippen LogP contribution in [0.25, 0.3) is 0 Å². The fraction of sp³-hybridized carbons (Fsp3) is 0.267. The van der Waals surface area contributed by atoms with Crippen LogP contribution >= 0.6 is 11.6 Å². The van der Waals surface area contributed by atoms with Gasteiger partial charge in [0.15, 0.2) is 0 Å². The van der Waals surface area contributed by atoms with Gasteiger partial charge in [0, 0.05) is 23.7 Å². The van der Waals surface area contributed by atoms with E-state index in [1.807, 2.05) is 31.3 Å². The zero-order valence-corrected chi connectivity index (χ0v) is 12.1. The molecule has 1 heterocycles. The minimum atomic E-state index is -1.04. The minimum absolute atomic E-state index is 0.0198. The summed E-state index contributed by atoms with van der Waals surface area (Å²) in [5.74, 6) is -0.425. The highest BCUT2D eigenvalue weighted by molar-refractivity contribution is 6.30. The molecule has 0 aliphatic carbocycles. The van der Waals surface area contributed by atoms with Gasteiger partial charge >= 0.3 is 5.97 Å². The number of carbonyl (C=O) groups is 1. The van der Waals surface area contributed by atoms with Crippen molar-refractivity contribution in [3.8, 4) is 0 Å². The standard InChI is InChI=1S/C15H16ClNO3/c1-10-12(7-14(20-10)15(18)19)9-17(2)8-11-4-3-5-13(16)6-11/h3-7H,8-9H2,1-2H3,(H,18,19). The van der Waals surface area contributed by atoms with Crippen LogP contribution in [-0.4, -0.2) is 23.0 Å². The largest absolute Gasteiger partial charge is 0.475 e. The zero-order valence-electron chi connectivity index (χ0n) is 11.4. The number of benzene rings is 1. The Bertz CT molecular complexity index is 621. The maximum atomic E-state index is 10.9. The highest BCUT2D eigenvalue weighted by Gasteiger charge is 2.14. The number of carboxylic acids is 1. The van der Waals surface area contributed by atoms with E-state index in [2.05, 4.69) is 4.90 Å². The number of aromatic carboxylic acids is 1. The molecule has 1 aromatic carbocycles. The first-order valence-corrected chi connectivity index (χ1v) is 6.59. The average Bonchev–Trinajstić information content (AvgIpc) is 2.71. The third kappa shape index (κ3) is 3.62. The lowest BCUT2D eigenvalue weighted by Gasteiger charge is -2.16. The Labute approximate surface area is 122 Å². The average molecular weight is 294 g/mol. The third-order valence-electron chi connectivity index (χ3n) is 3.01. The fourth-order valence-corrected chi connectivity index (χ4v) is 2.29. The predicted molar refractivity (Wildman–Crippen MR) is 77.0 cm³/mol. The Morgan fingerprint density at radius 3 is 2.70 bits per heavy atom. The summed E-state index contributed by atoms with van der Waals surface area (Å²) in [5.41, 5.74) is 1.99. The van der Waals surface area contributed by atoms with Gasteiger partial charge in [0.05, 0.1) is 0 Å². The van der Waals surface area contributed by atoms with Gasteiger partial charge in [-0.25, -0.2) is 4.79 Å². The molecule has 20 heavy (non-hydrogen) atoms. The molecular weight excluding hydrogens is 278 g/mol. The molecule has 2 rings (SSSR count). The molecule has 2 aromatic rings. The molecule has 0 aliphatic heterocycles. The van der Waals surface area contributed by atoms with E-state index < -0.39 is 5.97 Å². The van der Waals surface area contributed by atoms with Crippen molar-refractivity contribution >= 4 is 17.6 Å². The Morgan fingerprint density at radius 1 is 1.35 bits per heavy atom. The molecule has 0 saturated heterocycles. The zero-order chi connectivity index (χ0) is 14.7. The molecule has 0 atom stereocenters. The molecule has 0 aliphatic rings. The maximum absolute atomic E-state index is 10.9. The van der Waals surface area contributed by atoms with Crippen molar-refractivity contribution in [1.82, 2.24) is 4.90 Å². The molecule has 1 N–H and O–H groups in total. The van der Waals surface area contributed by atoms with Gasteiger partial charge in [0.2, 0.25) is 5.76 Å². The van der Waals surface area contributed by atoms with Crippen molar-refractivity contribution in [3.05, 3.63) is 58.0 Å². The topological polar surface area (TPSA) is 53.7 Å². The number of hydrogen-bond donors (Lipinski definition) is 1. The molecule has 0 saturated carbocycles. The Hall–Kier alpha value is -1.78. The van der Waals surface area contributed by atoms with Gasteiger partial charge in [-0.3, -0.25) is 4.90 Å². The molecule has 0 fully saturated rings. The number of rotatable bonds is 5. The van der Waals surface area contributed by atoms with Crippen LogP contribution in [0.3, 0.4) is 0 Å². The van der Waals surface area contributed by atoms with Crippen molar-refractivity contribution in [2.45, 2.75) is 20.0 Å². The van der Waals surface area contributed by atoms with Crippen LogP contribution in [0.2, 0.25) is 5.02 Å². The molecule has 1 aromatic heterocycles. The van der Waals surface area contributed by atoms with E-state index in [0.29, 0.717) is 17.3 Å². The highest BCUT2D eigenvalue weighted by atomic mass is 35.5. The highest BCUT2D eigenvalue weighted by Crippen LogP contribution is 2.18. The molecule has 0 spiro atoms. The van der Waals surface area contributed by atoms with Crippen LogP contribution in [0.1, 0.15) is 27.4 Å². The molecule has 5 heteroatoms. The lowest BCUT2D eigenvalue weighted by Crippen LogP contribution is -2.17. The van der Waals surface area contributed by atoms with Gasteiger partial charge in [-0.15, -0.1) is 0 Å². The number of nitrogens with zero attached hydrogens (tertiary/aromatic N) is 1. The normalized spacial score (nSPS) is 11.0. The van der Waals surface area contributed by atoms with Gasteiger partial charge in [-0.2, -0.15) is 0 Å². The second kappa shape index (κ2) is 6.11. The van der Waals surface area contributed by atoms with Crippen LogP contribution in [0.5, 0.6) is 0 Å². The van der Waals surface area contributed by atoms with Crippen molar-refractivity contribution in [1.29, 1.82) is 0 Å². The van der Waals surface area contributed by atoms with Crippen molar-refractivity contribution in [3.63, 3.8) is 0 Å². The van der Waals surface area contributed by atoms with E-state index in [4.69, 9.17) is 21.1 Å². The number of hydrogen-bond acceptors (Lipinski definition) is 3. The molecule has 0 bridgehead atoms. The molecule has 0 unspecified atom stereocenters. The maximum Gasteiger partial charge on any atom is 0.371 e. The summed E-state index contributed by atoms with van der Waals surface area (Å²) in [7, 11) is 1.97. The van der Waals surface area contributed by atoms with Gasteiger partial charge in [0.1, 0.15) is 5.76 Å². The van der Waals surface area contributed by atoms with Gasteiger partial charge in [-0.1, -0.05) is 23.7 Å². The lowest BCUT2D eigenvalue weighted by molar-refractivity contribution is 0.0661. The summed E-state index contributed by atoms with van der Waals surface area (Å²) in [6.07, 6.45) is 0. The van der Waals surface area contributed by atoms with E-state index in [-0.39, 0.29) is 5.76 Å². The summed E-state index contributed by atoms with van der Waals surface area (Å²) >= 11 is 5.95. The Balaban J connectivity index is 2.04. The molecular formula is C15H16ClNO3.